The van der Waals surface area contributed by atoms with E-state index in [0.717, 1.165) is 0 Å². The minimum absolute atomic E-state index is 2.76. The highest BCUT2D eigenvalue weighted by molar-refractivity contribution is 6.22. The van der Waals surface area contributed by atoms with Crippen molar-refractivity contribution >= 4 is 11.6 Å². The SMILES string of the molecule is F[C@@H]1OC(C(F)(F)F)(C(F)(F)F)[C@H]1Cl. The van der Waals surface area contributed by atoms with Crippen molar-refractivity contribution < 1.29 is 35.5 Å². The van der Waals surface area contributed by atoms with Gasteiger partial charge in [0.05, 0.1) is 0 Å². The Morgan fingerprint density at radius 1 is 1.00 bits per heavy atom. The van der Waals surface area contributed by atoms with E-state index in [1.165, 1.54) is 0 Å². The van der Waals surface area contributed by atoms with E-state index in [1.54, 1.807) is 0 Å². The van der Waals surface area contributed by atoms with Crippen LogP contribution in [0.5, 0.6) is 0 Å². The molecular formula is C5H2ClF7O. The molecule has 0 saturated carbocycles. The summed E-state index contributed by atoms with van der Waals surface area (Å²) >= 11 is 4.65. The number of ether oxygens (including phenoxy) is 1. The second-order valence-corrected chi connectivity index (χ2v) is 3.07. The molecule has 0 aromatic carbocycles. The maximum absolute atomic E-state index is 12.1. The van der Waals surface area contributed by atoms with E-state index in [1.807, 2.05) is 0 Å². The minimum Gasteiger partial charge on any atom is -0.320 e. The third kappa shape index (κ3) is 1.27. The Labute approximate surface area is 77.8 Å². The van der Waals surface area contributed by atoms with Gasteiger partial charge in [-0.15, -0.1) is 11.6 Å². The molecule has 0 N–H and O–H groups in total. The number of rotatable bonds is 0. The van der Waals surface area contributed by atoms with Gasteiger partial charge in [-0.1, -0.05) is 0 Å². The molecule has 0 aliphatic carbocycles. The monoisotopic (exact) mass is 246 g/mol. The van der Waals surface area contributed by atoms with Crippen LogP contribution in [0, 0.1) is 0 Å². The fourth-order valence-electron chi connectivity index (χ4n) is 1.02. The van der Waals surface area contributed by atoms with Crippen molar-refractivity contribution in [3.63, 3.8) is 0 Å². The van der Waals surface area contributed by atoms with Crippen molar-refractivity contribution in [3.8, 4) is 0 Å². The minimum atomic E-state index is -5.79. The summed E-state index contributed by atoms with van der Waals surface area (Å²) in [5, 5.41) is -2.80. The molecule has 1 fully saturated rings. The number of hydrogen-bond acceptors (Lipinski definition) is 1. The Balaban J connectivity index is 3.08. The van der Waals surface area contributed by atoms with Gasteiger partial charge in [0.2, 0.25) is 6.36 Å². The first-order valence-electron chi connectivity index (χ1n) is 3.13. The van der Waals surface area contributed by atoms with E-state index in [9.17, 15) is 30.7 Å². The van der Waals surface area contributed by atoms with Gasteiger partial charge in [0.25, 0.3) is 5.60 Å². The lowest BCUT2D eigenvalue weighted by atomic mass is 9.91. The molecule has 0 spiro atoms. The smallest absolute Gasteiger partial charge is 0.320 e. The number of hydrogen-bond donors (Lipinski definition) is 0. The molecule has 1 rings (SSSR count). The summed E-state index contributed by atoms with van der Waals surface area (Å²) in [5.41, 5.74) is -4.58. The molecular weight excluding hydrogens is 244 g/mol. The van der Waals surface area contributed by atoms with Crippen LogP contribution >= 0.6 is 11.6 Å². The third-order valence-corrected chi connectivity index (χ3v) is 2.26. The van der Waals surface area contributed by atoms with E-state index in [4.69, 9.17) is 0 Å². The molecule has 84 valence electrons. The van der Waals surface area contributed by atoms with Crippen molar-refractivity contribution in [1.29, 1.82) is 0 Å². The summed E-state index contributed by atoms with van der Waals surface area (Å²) in [6.07, 6.45) is -14.3. The molecule has 1 saturated heterocycles. The maximum atomic E-state index is 12.1. The molecule has 0 unspecified atom stereocenters. The van der Waals surface area contributed by atoms with Crippen LogP contribution in [-0.4, -0.2) is 29.7 Å². The normalized spacial score (nSPS) is 32.6. The van der Waals surface area contributed by atoms with Gasteiger partial charge in [0, 0.05) is 0 Å². The van der Waals surface area contributed by atoms with Crippen LogP contribution in [0.4, 0.5) is 30.7 Å². The highest BCUT2D eigenvalue weighted by atomic mass is 35.5. The molecule has 1 nitrogen and oxygen atoms in total. The van der Waals surface area contributed by atoms with E-state index in [-0.39, 0.29) is 0 Å². The van der Waals surface area contributed by atoms with Crippen molar-refractivity contribution in [2.24, 2.45) is 0 Å². The summed E-state index contributed by atoms with van der Waals surface area (Å²) in [5.74, 6) is 0. The Morgan fingerprint density at radius 3 is 1.43 bits per heavy atom. The molecule has 0 radical (unpaired) electrons. The van der Waals surface area contributed by atoms with Crippen LogP contribution in [0.3, 0.4) is 0 Å². The lowest BCUT2D eigenvalue weighted by Crippen LogP contribution is -2.75. The maximum Gasteiger partial charge on any atom is 0.428 e. The highest BCUT2D eigenvalue weighted by Gasteiger charge is 2.83. The Kier molecular flexibility index (Phi) is 2.43. The summed E-state index contributed by atoms with van der Waals surface area (Å²) in [7, 11) is 0. The average Bonchev–Trinajstić information content (AvgIpc) is 1.93. The fourth-order valence-corrected chi connectivity index (χ4v) is 1.37. The predicted octanol–water partition coefficient (Wildman–Crippen LogP) is 2.78. The first-order chi connectivity index (χ1) is 6.04. The lowest BCUT2D eigenvalue weighted by Gasteiger charge is -2.49. The largest absolute Gasteiger partial charge is 0.428 e. The summed E-state index contributed by atoms with van der Waals surface area (Å²) in [4.78, 5) is 0. The van der Waals surface area contributed by atoms with Crippen molar-refractivity contribution in [2.45, 2.75) is 29.7 Å². The van der Waals surface area contributed by atoms with Crippen molar-refractivity contribution in [1.82, 2.24) is 0 Å². The molecule has 14 heavy (non-hydrogen) atoms. The summed E-state index contributed by atoms with van der Waals surface area (Å²) in [6, 6.07) is 0. The molecule has 2 atom stereocenters. The molecule has 1 aliphatic rings. The number of alkyl halides is 8. The van der Waals surface area contributed by atoms with Gasteiger partial charge in [-0.25, -0.2) is 4.39 Å². The van der Waals surface area contributed by atoms with Gasteiger partial charge in [0.15, 0.2) is 0 Å². The zero-order valence-corrected chi connectivity index (χ0v) is 6.84. The molecule has 1 heterocycles. The van der Waals surface area contributed by atoms with Gasteiger partial charge in [-0.2, -0.15) is 26.3 Å². The lowest BCUT2D eigenvalue weighted by molar-refractivity contribution is -0.451. The average molecular weight is 247 g/mol. The van der Waals surface area contributed by atoms with E-state index >= 15 is 0 Å². The summed E-state index contributed by atoms with van der Waals surface area (Å²) in [6.45, 7) is 0. The summed E-state index contributed by atoms with van der Waals surface area (Å²) < 4.78 is 87.1. The van der Waals surface area contributed by atoms with Crippen LogP contribution < -0.4 is 0 Å². The molecule has 1 aliphatic heterocycles. The Morgan fingerprint density at radius 2 is 1.36 bits per heavy atom. The molecule has 9 heteroatoms. The quantitative estimate of drug-likeness (QED) is 0.472. The first kappa shape index (κ1) is 11.8. The Hall–Kier alpha value is -0.240. The molecule has 0 bridgehead atoms. The topological polar surface area (TPSA) is 9.23 Å². The predicted molar refractivity (Wildman–Crippen MR) is 30.5 cm³/mol. The van der Waals surface area contributed by atoms with Crippen molar-refractivity contribution in [2.75, 3.05) is 0 Å². The van der Waals surface area contributed by atoms with Gasteiger partial charge in [0.1, 0.15) is 5.38 Å². The second kappa shape index (κ2) is 2.88. The standard InChI is InChI=1S/C5H2ClF7O/c6-1-2(7)14-3(1,4(8,9)10)5(11,12)13/h1-2H/t1-,2+/m0/s1. The van der Waals surface area contributed by atoms with Gasteiger partial charge >= 0.3 is 12.4 Å². The second-order valence-electron chi connectivity index (χ2n) is 2.60. The molecule has 0 amide bonds. The van der Waals surface area contributed by atoms with Crippen LogP contribution in [0.2, 0.25) is 0 Å². The molecule has 0 aromatic rings. The van der Waals surface area contributed by atoms with Crippen LogP contribution in [0.25, 0.3) is 0 Å². The van der Waals surface area contributed by atoms with Gasteiger partial charge in [-0.3, -0.25) is 0 Å². The third-order valence-electron chi connectivity index (χ3n) is 1.76. The van der Waals surface area contributed by atoms with Gasteiger partial charge < -0.3 is 4.74 Å². The zero-order chi connectivity index (χ0) is 11.4. The highest BCUT2D eigenvalue weighted by Crippen LogP contribution is 2.57. The van der Waals surface area contributed by atoms with Crippen LogP contribution in [0.1, 0.15) is 0 Å². The Bertz CT molecular complexity index is 219. The van der Waals surface area contributed by atoms with E-state index < -0.39 is 29.7 Å². The van der Waals surface area contributed by atoms with Crippen LogP contribution in [-0.2, 0) is 4.74 Å². The van der Waals surface area contributed by atoms with E-state index in [0.29, 0.717) is 0 Å². The van der Waals surface area contributed by atoms with Crippen molar-refractivity contribution in [3.05, 3.63) is 0 Å². The van der Waals surface area contributed by atoms with E-state index in [2.05, 4.69) is 16.3 Å². The van der Waals surface area contributed by atoms with Crippen LogP contribution in [0.15, 0.2) is 0 Å². The number of halogens is 8. The first-order valence-corrected chi connectivity index (χ1v) is 3.57. The zero-order valence-electron chi connectivity index (χ0n) is 6.09. The molecule has 0 aromatic heterocycles. The van der Waals surface area contributed by atoms with Gasteiger partial charge in [-0.05, 0) is 0 Å². The fraction of sp³-hybridized carbons (Fsp3) is 1.00.